The Bertz CT molecular complexity index is 623. The summed E-state index contributed by atoms with van der Waals surface area (Å²) >= 11 is 3.34. The molecule has 0 unspecified atom stereocenters. The number of nitrogens with one attached hydrogen (secondary N) is 1. The number of aromatic nitrogens is 3. The molecule has 2 aromatic rings. The number of carboxylic acid groups (broad SMARTS) is 1. The van der Waals surface area contributed by atoms with Crippen molar-refractivity contribution in [2.75, 3.05) is 0 Å². The van der Waals surface area contributed by atoms with Crippen molar-refractivity contribution in [3.63, 3.8) is 0 Å². The first kappa shape index (κ1) is 12.2. The summed E-state index contributed by atoms with van der Waals surface area (Å²) < 4.78 is 8.08. The minimum atomic E-state index is -0.995. The van der Waals surface area contributed by atoms with E-state index in [0.29, 0.717) is 18.7 Å². The van der Waals surface area contributed by atoms with E-state index in [4.69, 9.17) is 9.84 Å². The summed E-state index contributed by atoms with van der Waals surface area (Å²) in [6.45, 7) is 0. The zero-order valence-corrected chi connectivity index (χ0v) is 11.4. The van der Waals surface area contributed by atoms with Gasteiger partial charge in [-0.25, -0.2) is 14.3 Å². The van der Waals surface area contributed by atoms with Gasteiger partial charge < -0.3 is 15.2 Å². The van der Waals surface area contributed by atoms with Crippen molar-refractivity contribution in [3.8, 4) is 5.88 Å². The third kappa shape index (κ3) is 2.48. The smallest absolute Gasteiger partial charge is 0.404 e. The van der Waals surface area contributed by atoms with E-state index in [1.54, 1.807) is 16.8 Å². The zero-order valence-electron chi connectivity index (χ0n) is 9.78. The molecule has 1 saturated carbocycles. The van der Waals surface area contributed by atoms with Gasteiger partial charge in [0.2, 0.25) is 5.88 Å². The highest BCUT2D eigenvalue weighted by Gasteiger charge is 2.32. The topological polar surface area (TPSA) is 88.8 Å². The Morgan fingerprint density at radius 2 is 2.32 bits per heavy atom. The van der Waals surface area contributed by atoms with Crippen molar-refractivity contribution in [1.29, 1.82) is 0 Å². The van der Waals surface area contributed by atoms with E-state index in [9.17, 15) is 4.79 Å². The van der Waals surface area contributed by atoms with Gasteiger partial charge in [0.05, 0.1) is 6.20 Å². The molecule has 1 amide bonds. The largest absolute Gasteiger partial charge is 0.473 e. The fraction of sp³-hybridized carbons (Fsp3) is 0.364. The molecule has 2 aromatic heterocycles. The number of imidazole rings is 1. The first-order chi connectivity index (χ1) is 9.11. The predicted molar refractivity (Wildman–Crippen MR) is 69.3 cm³/mol. The Morgan fingerprint density at radius 3 is 3.05 bits per heavy atom. The number of carbonyl (C=O) groups is 1. The lowest BCUT2D eigenvalue weighted by molar-refractivity contribution is 0.0781. The average Bonchev–Trinajstić information content (AvgIpc) is 2.68. The molecular weight excluding hydrogens is 316 g/mol. The van der Waals surface area contributed by atoms with Gasteiger partial charge in [-0.3, -0.25) is 0 Å². The molecule has 100 valence electrons. The molecule has 7 nitrogen and oxygen atoms in total. The Kier molecular flexibility index (Phi) is 3.02. The van der Waals surface area contributed by atoms with Gasteiger partial charge in [-0.2, -0.15) is 0 Å². The highest BCUT2D eigenvalue weighted by atomic mass is 79.9. The second kappa shape index (κ2) is 4.69. The van der Waals surface area contributed by atoms with Gasteiger partial charge in [0, 0.05) is 24.9 Å². The molecule has 1 fully saturated rings. The number of ether oxygens (including phenoxy) is 1. The molecule has 0 bridgehead atoms. The van der Waals surface area contributed by atoms with Crippen LogP contribution in [0.5, 0.6) is 5.88 Å². The van der Waals surface area contributed by atoms with Crippen LogP contribution in [0.4, 0.5) is 4.79 Å². The van der Waals surface area contributed by atoms with E-state index >= 15 is 0 Å². The number of nitrogens with zero attached hydrogens (tertiary/aromatic N) is 3. The van der Waals surface area contributed by atoms with Gasteiger partial charge >= 0.3 is 6.09 Å². The van der Waals surface area contributed by atoms with Crippen LogP contribution in [0.25, 0.3) is 5.65 Å². The highest BCUT2D eigenvalue weighted by molar-refractivity contribution is 9.10. The van der Waals surface area contributed by atoms with E-state index in [1.165, 1.54) is 0 Å². The van der Waals surface area contributed by atoms with Gasteiger partial charge in [0.1, 0.15) is 10.7 Å². The summed E-state index contributed by atoms with van der Waals surface area (Å²) in [4.78, 5) is 14.6. The quantitative estimate of drug-likeness (QED) is 0.895. The van der Waals surface area contributed by atoms with Gasteiger partial charge in [-0.05, 0) is 22.0 Å². The Labute approximate surface area is 116 Å². The summed E-state index contributed by atoms with van der Waals surface area (Å²) in [6, 6.07) is 3.55. The summed E-state index contributed by atoms with van der Waals surface area (Å²) in [6.07, 6.45) is 2.01. The molecule has 19 heavy (non-hydrogen) atoms. The molecule has 0 radical (unpaired) electrons. The first-order valence-corrected chi connectivity index (χ1v) is 6.57. The lowest BCUT2D eigenvalue weighted by atomic mass is 9.89. The molecular formula is C11H11BrN4O3. The maximum atomic E-state index is 10.4. The monoisotopic (exact) mass is 326 g/mol. The van der Waals surface area contributed by atoms with Crippen LogP contribution >= 0.6 is 15.9 Å². The van der Waals surface area contributed by atoms with Crippen molar-refractivity contribution in [1.82, 2.24) is 19.9 Å². The molecule has 1 aliphatic carbocycles. The molecule has 8 heteroatoms. The van der Waals surface area contributed by atoms with Crippen molar-refractivity contribution >= 4 is 27.7 Å². The van der Waals surface area contributed by atoms with Gasteiger partial charge in [-0.1, -0.05) is 0 Å². The third-order valence-electron chi connectivity index (χ3n) is 3.01. The number of hydrogen-bond acceptors (Lipinski definition) is 4. The van der Waals surface area contributed by atoms with E-state index in [-0.39, 0.29) is 12.1 Å². The maximum absolute atomic E-state index is 10.4. The predicted octanol–water partition coefficient (Wildman–Crippen LogP) is 1.67. The van der Waals surface area contributed by atoms with Crippen LogP contribution in [0.2, 0.25) is 0 Å². The molecule has 2 N–H and O–H groups in total. The Balaban J connectivity index is 1.63. The SMILES string of the molecule is O=C(O)NC1CC(Oc2ccc3ncc(Br)n3n2)C1. The van der Waals surface area contributed by atoms with E-state index in [2.05, 4.69) is 31.3 Å². The van der Waals surface area contributed by atoms with Gasteiger partial charge in [-0.15, -0.1) is 5.10 Å². The normalized spacial score (nSPS) is 21.9. The van der Waals surface area contributed by atoms with Crippen LogP contribution in [0.3, 0.4) is 0 Å². The third-order valence-corrected chi connectivity index (χ3v) is 3.55. The summed E-state index contributed by atoms with van der Waals surface area (Å²) in [7, 11) is 0. The van der Waals surface area contributed by atoms with Crippen molar-refractivity contribution in [2.24, 2.45) is 0 Å². The molecule has 3 rings (SSSR count). The number of fused-ring (bicyclic) bond motifs is 1. The van der Waals surface area contributed by atoms with Crippen molar-refractivity contribution in [2.45, 2.75) is 25.0 Å². The Morgan fingerprint density at radius 1 is 1.53 bits per heavy atom. The lowest BCUT2D eigenvalue weighted by Crippen LogP contribution is -2.48. The number of hydrogen-bond donors (Lipinski definition) is 2. The second-order valence-electron chi connectivity index (χ2n) is 4.38. The van der Waals surface area contributed by atoms with E-state index < -0.39 is 6.09 Å². The molecule has 2 heterocycles. The van der Waals surface area contributed by atoms with Gasteiger partial charge in [0.15, 0.2) is 5.65 Å². The van der Waals surface area contributed by atoms with Crippen LogP contribution in [0, 0.1) is 0 Å². The first-order valence-electron chi connectivity index (χ1n) is 5.78. The summed E-state index contributed by atoms with van der Waals surface area (Å²) in [5.74, 6) is 0.505. The molecule has 0 aliphatic heterocycles. The minimum Gasteiger partial charge on any atom is -0.473 e. The van der Waals surface area contributed by atoms with Crippen LogP contribution in [-0.2, 0) is 0 Å². The maximum Gasteiger partial charge on any atom is 0.404 e. The molecule has 0 aromatic carbocycles. The average molecular weight is 327 g/mol. The summed E-state index contributed by atoms with van der Waals surface area (Å²) in [5.41, 5.74) is 0.734. The van der Waals surface area contributed by atoms with Gasteiger partial charge in [0.25, 0.3) is 0 Å². The van der Waals surface area contributed by atoms with Crippen molar-refractivity contribution < 1.29 is 14.6 Å². The molecule has 0 atom stereocenters. The van der Waals surface area contributed by atoms with Crippen LogP contribution < -0.4 is 10.1 Å². The number of rotatable bonds is 3. The standard InChI is InChI=1S/C11H11BrN4O3/c12-8-5-13-9-1-2-10(15-16(8)9)19-7-3-6(4-7)14-11(17)18/h1-2,5-7,14H,3-4H2,(H,17,18). The molecule has 0 spiro atoms. The second-order valence-corrected chi connectivity index (χ2v) is 5.19. The summed E-state index contributed by atoms with van der Waals surface area (Å²) in [5, 5.41) is 15.3. The molecule has 0 saturated heterocycles. The fourth-order valence-electron chi connectivity index (χ4n) is 2.02. The highest BCUT2D eigenvalue weighted by Crippen LogP contribution is 2.25. The minimum absolute atomic E-state index is 0.00379. The Hall–Kier alpha value is -1.83. The van der Waals surface area contributed by atoms with E-state index in [0.717, 1.165) is 10.3 Å². The molecule has 1 aliphatic rings. The van der Waals surface area contributed by atoms with Crippen LogP contribution in [-0.4, -0.2) is 37.9 Å². The number of amides is 1. The van der Waals surface area contributed by atoms with Crippen LogP contribution in [0.1, 0.15) is 12.8 Å². The fourth-order valence-corrected chi connectivity index (χ4v) is 2.38. The number of halogens is 1. The zero-order chi connectivity index (χ0) is 13.4. The van der Waals surface area contributed by atoms with E-state index in [1.807, 2.05) is 6.07 Å². The van der Waals surface area contributed by atoms with Crippen molar-refractivity contribution in [3.05, 3.63) is 22.9 Å². The van der Waals surface area contributed by atoms with Crippen LogP contribution in [0.15, 0.2) is 22.9 Å². The lowest BCUT2D eigenvalue weighted by Gasteiger charge is -2.34.